The zero-order chi connectivity index (χ0) is 17.9. The molecule has 2 rings (SSSR count). The van der Waals surface area contributed by atoms with Gasteiger partial charge in [-0.2, -0.15) is 0 Å². The lowest BCUT2D eigenvalue weighted by molar-refractivity contribution is 0.0195. The molecule has 0 bridgehead atoms. The Bertz CT molecular complexity index is 654. The first-order chi connectivity index (χ1) is 11.2. The van der Waals surface area contributed by atoms with Gasteiger partial charge in [-0.1, -0.05) is 0 Å². The maximum Gasteiger partial charge on any atom is 0.410 e. The van der Waals surface area contributed by atoms with Crippen LogP contribution in [-0.2, 0) is 4.74 Å². The van der Waals surface area contributed by atoms with E-state index in [4.69, 9.17) is 9.84 Å². The van der Waals surface area contributed by atoms with Gasteiger partial charge in [0.2, 0.25) is 0 Å². The van der Waals surface area contributed by atoms with Crippen molar-refractivity contribution < 1.29 is 24.2 Å². The number of nitrogens with zero attached hydrogens (tertiary/aromatic N) is 3. The van der Waals surface area contributed by atoms with E-state index in [0.29, 0.717) is 25.2 Å². The summed E-state index contributed by atoms with van der Waals surface area (Å²) in [6.45, 7) is 6.32. The summed E-state index contributed by atoms with van der Waals surface area (Å²) in [5.74, 6) is -1.14. The van der Waals surface area contributed by atoms with Gasteiger partial charge in [-0.15, -0.1) is 0 Å². The molecule has 8 heteroatoms. The van der Waals surface area contributed by atoms with Crippen LogP contribution in [0.3, 0.4) is 0 Å². The highest BCUT2D eigenvalue weighted by molar-refractivity contribution is 5.94. The Morgan fingerprint density at radius 2 is 2.12 bits per heavy atom. The lowest BCUT2D eigenvalue weighted by atomic mass is 9.97. The lowest BCUT2D eigenvalue weighted by Crippen LogP contribution is -2.42. The van der Waals surface area contributed by atoms with Crippen LogP contribution in [-0.4, -0.2) is 57.0 Å². The smallest absolute Gasteiger partial charge is 0.410 e. The Morgan fingerprint density at radius 3 is 2.71 bits per heavy atom. The summed E-state index contributed by atoms with van der Waals surface area (Å²) in [7, 11) is 0. The highest BCUT2D eigenvalue weighted by atomic mass is 16.6. The third-order valence-electron chi connectivity index (χ3n) is 3.60. The van der Waals surface area contributed by atoms with Crippen molar-refractivity contribution in [2.75, 3.05) is 13.1 Å². The molecule has 1 unspecified atom stereocenters. The molecule has 1 atom stereocenters. The number of carbonyl (C=O) groups excluding carboxylic acids is 2. The molecule has 130 valence electrons. The fraction of sp³-hybridized carbons (Fsp3) is 0.562. The van der Waals surface area contributed by atoms with Crippen molar-refractivity contribution in [2.24, 2.45) is 0 Å². The number of amides is 1. The topological polar surface area (TPSA) is 110 Å². The van der Waals surface area contributed by atoms with Crippen molar-refractivity contribution in [3.8, 4) is 0 Å². The third-order valence-corrected chi connectivity index (χ3v) is 3.60. The van der Waals surface area contributed by atoms with Crippen molar-refractivity contribution in [1.29, 1.82) is 0 Å². The first kappa shape index (κ1) is 17.8. The van der Waals surface area contributed by atoms with E-state index in [0.717, 1.165) is 12.8 Å². The van der Waals surface area contributed by atoms with Crippen LogP contribution in [0, 0.1) is 0 Å². The highest BCUT2D eigenvalue weighted by Gasteiger charge is 2.30. The zero-order valence-electron chi connectivity index (χ0n) is 14.0. The second-order valence-corrected chi connectivity index (χ2v) is 6.72. The van der Waals surface area contributed by atoms with Crippen LogP contribution in [0.4, 0.5) is 4.79 Å². The summed E-state index contributed by atoms with van der Waals surface area (Å²) >= 11 is 0. The maximum atomic E-state index is 12.2. The van der Waals surface area contributed by atoms with Gasteiger partial charge in [-0.3, -0.25) is 4.79 Å². The van der Waals surface area contributed by atoms with Gasteiger partial charge >= 0.3 is 12.1 Å². The first-order valence-corrected chi connectivity index (χ1v) is 7.74. The van der Waals surface area contributed by atoms with Gasteiger partial charge in [0.1, 0.15) is 11.4 Å². The molecule has 0 saturated carbocycles. The van der Waals surface area contributed by atoms with E-state index in [1.165, 1.54) is 6.20 Å². The molecule has 1 amide bonds. The van der Waals surface area contributed by atoms with Gasteiger partial charge < -0.3 is 14.7 Å². The monoisotopic (exact) mass is 335 g/mol. The van der Waals surface area contributed by atoms with Crippen LogP contribution in [0.1, 0.15) is 66.2 Å². The number of carboxylic acid groups (broad SMARTS) is 1. The Hall–Kier alpha value is -2.51. The predicted octanol–water partition coefficient (Wildman–Crippen LogP) is 2.10. The third kappa shape index (κ3) is 4.27. The molecule has 0 radical (unpaired) electrons. The number of aldehydes is 1. The van der Waals surface area contributed by atoms with Crippen LogP contribution < -0.4 is 0 Å². The molecule has 8 nitrogen and oxygen atoms in total. The van der Waals surface area contributed by atoms with Crippen LogP contribution in [0.2, 0.25) is 0 Å². The van der Waals surface area contributed by atoms with Gasteiger partial charge in [-0.25, -0.2) is 19.6 Å². The predicted molar refractivity (Wildman–Crippen MR) is 84.2 cm³/mol. The number of hydrogen-bond acceptors (Lipinski definition) is 6. The number of likely N-dealkylation sites (tertiary alicyclic amines) is 1. The van der Waals surface area contributed by atoms with Gasteiger partial charge in [0, 0.05) is 25.2 Å². The molecule has 1 aromatic rings. The van der Waals surface area contributed by atoms with Gasteiger partial charge in [0.25, 0.3) is 0 Å². The Balaban J connectivity index is 2.18. The van der Waals surface area contributed by atoms with E-state index in [1.807, 2.05) is 0 Å². The second-order valence-electron chi connectivity index (χ2n) is 6.72. The minimum absolute atomic E-state index is 0.0638. The van der Waals surface area contributed by atoms with Gasteiger partial charge in [-0.05, 0) is 33.6 Å². The van der Waals surface area contributed by atoms with Crippen LogP contribution in [0.25, 0.3) is 0 Å². The van der Waals surface area contributed by atoms with Crippen molar-refractivity contribution in [3.05, 3.63) is 23.3 Å². The first-order valence-electron chi connectivity index (χ1n) is 7.74. The number of hydrogen-bond donors (Lipinski definition) is 1. The summed E-state index contributed by atoms with van der Waals surface area (Å²) in [4.78, 5) is 44.0. The minimum Gasteiger partial charge on any atom is -0.476 e. The molecule has 1 N–H and O–H groups in total. The molecule has 2 heterocycles. The van der Waals surface area contributed by atoms with E-state index < -0.39 is 17.7 Å². The van der Waals surface area contributed by atoms with Crippen molar-refractivity contribution >= 4 is 18.3 Å². The molecule has 0 aromatic carbocycles. The molecular formula is C16H21N3O5. The molecule has 0 aliphatic carbocycles. The number of carbonyl (C=O) groups is 3. The molecule has 1 aromatic heterocycles. The quantitative estimate of drug-likeness (QED) is 0.842. The van der Waals surface area contributed by atoms with E-state index >= 15 is 0 Å². The van der Waals surface area contributed by atoms with E-state index in [9.17, 15) is 14.4 Å². The SMILES string of the molecule is CC(C)(C)OC(=O)N1CCCC(c2ncc(C=O)c(C(=O)O)n2)C1. The summed E-state index contributed by atoms with van der Waals surface area (Å²) < 4.78 is 5.37. The zero-order valence-corrected chi connectivity index (χ0v) is 14.0. The maximum absolute atomic E-state index is 12.2. The number of aromatic carboxylic acids is 1. The average Bonchev–Trinajstić information content (AvgIpc) is 2.52. The fourth-order valence-corrected chi connectivity index (χ4v) is 2.54. The van der Waals surface area contributed by atoms with E-state index in [1.54, 1.807) is 25.7 Å². The number of aromatic nitrogens is 2. The highest BCUT2D eigenvalue weighted by Crippen LogP contribution is 2.26. The molecule has 1 aliphatic rings. The largest absolute Gasteiger partial charge is 0.476 e. The molecule has 1 aliphatic heterocycles. The Labute approximate surface area is 139 Å². The Kier molecular flexibility index (Phi) is 5.16. The van der Waals surface area contributed by atoms with Crippen molar-refractivity contribution in [2.45, 2.75) is 45.1 Å². The summed E-state index contributed by atoms with van der Waals surface area (Å²) in [5, 5.41) is 9.15. The van der Waals surface area contributed by atoms with Crippen molar-refractivity contribution in [1.82, 2.24) is 14.9 Å². The second kappa shape index (κ2) is 6.94. The van der Waals surface area contributed by atoms with Crippen molar-refractivity contribution in [3.63, 3.8) is 0 Å². The van der Waals surface area contributed by atoms with Crippen LogP contribution >= 0.6 is 0 Å². The minimum atomic E-state index is -1.28. The number of carboxylic acids is 1. The summed E-state index contributed by atoms with van der Waals surface area (Å²) in [5.41, 5.74) is -0.960. The molecule has 0 spiro atoms. The summed E-state index contributed by atoms with van der Waals surface area (Å²) in [6.07, 6.45) is 2.70. The molecular weight excluding hydrogens is 314 g/mol. The fourth-order valence-electron chi connectivity index (χ4n) is 2.54. The van der Waals surface area contributed by atoms with Crippen LogP contribution in [0.15, 0.2) is 6.20 Å². The number of piperidine rings is 1. The summed E-state index contributed by atoms with van der Waals surface area (Å²) in [6, 6.07) is 0. The normalized spacial score (nSPS) is 18.1. The van der Waals surface area contributed by atoms with Gasteiger partial charge in [0.15, 0.2) is 12.0 Å². The van der Waals surface area contributed by atoms with E-state index in [-0.39, 0.29) is 17.2 Å². The lowest BCUT2D eigenvalue weighted by Gasteiger charge is -2.33. The molecule has 1 fully saturated rings. The Morgan fingerprint density at radius 1 is 1.42 bits per heavy atom. The van der Waals surface area contributed by atoms with Gasteiger partial charge in [0.05, 0.1) is 5.56 Å². The molecule has 1 saturated heterocycles. The number of ether oxygens (including phenoxy) is 1. The van der Waals surface area contributed by atoms with Crippen LogP contribution in [0.5, 0.6) is 0 Å². The standard InChI is InChI=1S/C16H21N3O5/c1-16(2,3)24-15(23)19-6-4-5-10(8-19)13-17-7-11(9-20)12(18-13)14(21)22/h7,9-10H,4-6,8H2,1-3H3,(H,21,22). The molecule has 24 heavy (non-hydrogen) atoms. The average molecular weight is 335 g/mol. The van der Waals surface area contributed by atoms with E-state index in [2.05, 4.69) is 9.97 Å². The number of rotatable bonds is 3.